The molecule has 0 fully saturated rings. The molecule has 0 spiro atoms. The zero-order valence-electron chi connectivity index (χ0n) is 22.9. The van der Waals surface area contributed by atoms with E-state index in [9.17, 15) is 14.7 Å². The molecule has 2 aromatic rings. The average Bonchev–Trinajstić information content (AvgIpc) is 3.45. The minimum Gasteiger partial charge on any atom is -0.493 e. The summed E-state index contributed by atoms with van der Waals surface area (Å²) in [5.74, 6) is 0.0356. The maximum Gasteiger partial charge on any atom is 0.307 e. The van der Waals surface area contributed by atoms with Crippen LogP contribution in [0.25, 0.3) is 0 Å². The summed E-state index contributed by atoms with van der Waals surface area (Å²) < 4.78 is 16.6. The molecule has 0 amide bonds. The molecule has 0 saturated heterocycles. The predicted octanol–water partition coefficient (Wildman–Crippen LogP) is 1.08. The number of carboxylic acids is 1. The molecule has 7 N–H and O–H groups in total. The first kappa shape index (κ1) is 29.2. The van der Waals surface area contributed by atoms with E-state index < -0.39 is 30.4 Å². The molecule has 1 aromatic heterocycles. The highest BCUT2D eigenvalue weighted by Crippen LogP contribution is 2.36. The van der Waals surface area contributed by atoms with E-state index in [2.05, 4.69) is 26.1 Å². The van der Waals surface area contributed by atoms with Crippen LogP contribution in [-0.4, -0.2) is 66.4 Å². The Labute approximate surface area is 236 Å². The second-order valence-corrected chi connectivity index (χ2v) is 9.17. The van der Waals surface area contributed by atoms with E-state index in [1.165, 1.54) is 13.2 Å². The fourth-order valence-corrected chi connectivity index (χ4v) is 4.56. The van der Waals surface area contributed by atoms with Crippen LogP contribution in [0.3, 0.4) is 0 Å². The Morgan fingerprint density at radius 3 is 2.63 bits per heavy atom. The van der Waals surface area contributed by atoms with Crippen LogP contribution in [0, 0.1) is 5.41 Å². The summed E-state index contributed by atoms with van der Waals surface area (Å²) in [6.45, 7) is 0.429. The number of nitrogens with one attached hydrogen (secondary N) is 4. The fourth-order valence-electron chi connectivity index (χ4n) is 4.56. The van der Waals surface area contributed by atoms with Gasteiger partial charge in [0, 0.05) is 48.3 Å². The number of carbonyl (C=O) groups excluding carboxylic acids is 1. The number of nitrogens with zero attached hydrogens (tertiary/aromatic N) is 3. The highest BCUT2D eigenvalue weighted by atomic mass is 16.5. The molecule has 2 aliphatic rings. The number of benzene rings is 1. The number of allylic oxidation sites excluding steroid dienone is 1. The number of aromatic nitrogens is 2. The lowest BCUT2D eigenvalue weighted by atomic mass is 9.91. The maximum absolute atomic E-state index is 12.7. The second kappa shape index (κ2) is 13.0. The van der Waals surface area contributed by atoms with Gasteiger partial charge in [-0.15, -0.1) is 0 Å². The van der Waals surface area contributed by atoms with Crippen molar-refractivity contribution in [3.63, 3.8) is 0 Å². The summed E-state index contributed by atoms with van der Waals surface area (Å²) in [6, 6.07) is 4.69. The monoisotopic (exact) mass is 564 g/mol. The van der Waals surface area contributed by atoms with Gasteiger partial charge in [0.2, 0.25) is 0 Å². The molecule has 2 heterocycles. The number of ketones is 1. The smallest absolute Gasteiger partial charge is 0.307 e. The minimum atomic E-state index is -1.15. The van der Waals surface area contributed by atoms with Crippen molar-refractivity contribution >= 4 is 23.4 Å². The van der Waals surface area contributed by atoms with Crippen LogP contribution < -0.4 is 31.4 Å². The molecule has 14 heteroatoms. The molecule has 4 rings (SSSR count). The van der Waals surface area contributed by atoms with Crippen molar-refractivity contribution in [1.82, 2.24) is 26.1 Å². The van der Waals surface area contributed by atoms with E-state index in [0.717, 1.165) is 5.56 Å². The number of carbonyl (C=O) groups is 2. The van der Waals surface area contributed by atoms with Crippen molar-refractivity contribution < 1.29 is 28.9 Å². The van der Waals surface area contributed by atoms with Crippen LogP contribution in [0.4, 0.5) is 0 Å². The third-order valence-corrected chi connectivity index (χ3v) is 6.50. The van der Waals surface area contributed by atoms with Gasteiger partial charge in [0.25, 0.3) is 0 Å². The van der Waals surface area contributed by atoms with Crippen molar-refractivity contribution in [3.05, 3.63) is 70.5 Å². The Morgan fingerprint density at radius 2 is 2.00 bits per heavy atom. The molecular weight excluding hydrogens is 532 g/mol. The summed E-state index contributed by atoms with van der Waals surface area (Å²) in [5, 5.41) is 20.8. The summed E-state index contributed by atoms with van der Waals surface area (Å²) in [5.41, 5.74) is 14.2. The van der Waals surface area contributed by atoms with Crippen molar-refractivity contribution in [2.45, 2.75) is 31.5 Å². The SMILES string of the molecule is COCCc1cc(C(NC2=C(C(=N)N)CC(=O)C(CC(=O)O)=C2)C2=NC(c3ncccn3)NN2)cc(OC)c1OC. The molecule has 1 aromatic carbocycles. The number of rotatable bonds is 13. The molecule has 0 saturated carbocycles. The van der Waals surface area contributed by atoms with E-state index in [4.69, 9.17) is 30.3 Å². The highest BCUT2D eigenvalue weighted by molar-refractivity contribution is 6.09. The van der Waals surface area contributed by atoms with Gasteiger partial charge in [0.15, 0.2) is 29.3 Å². The van der Waals surface area contributed by atoms with Crippen LogP contribution in [0.15, 0.2) is 58.5 Å². The number of methoxy groups -OCH3 is 3. The van der Waals surface area contributed by atoms with E-state index in [1.54, 1.807) is 38.7 Å². The first-order valence-corrected chi connectivity index (χ1v) is 12.6. The van der Waals surface area contributed by atoms with Crippen LogP contribution >= 0.6 is 0 Å². The first-order chi connectivity index (χ1) is 19.7. The lowest BCUT2D eigenvalue weighted by molar-refractivity contribution is -0.137. The van der Waals surface area contributed by atoms with Crippen molar-refractivity contribution in [3.8, 4) is 11.5 Å². The quantitative estimate of drug-likeness (QED) is 0.149. The van der Waals surface area contributed by atoms with Gasteiger partial charge in [-0.2, -0.15) is 0 Å². The van der Waals surface area contributed by atoms with Gasteiger partial charge in [-0.05, 0) is 36.3 Å². The fraction of sp³-hybridized carbons (Fsp3) is 0.333. The van der Waals surface area contributed by atoms with E-state index >= 15 is 0 Å². The van der Waals surface area contributed by atoms with Gasteiger partial charge < -0.3 is 35.8 Å². The molecule has 2 unspecified atom stereocenters. The summed E-state index contributed by atoms with van der Waals surface area (Å²) in [4.78, 5) is 37.4. The Bertz CT molecular complexity index is 1420. The lowest BCUT2D eigenvalue weighted by Gasteiger charge is -2.27. The van der Waals surface area contributed by atoms with Gasteiger partial charge in [-0.25, -0.2) is 20.4 Å². The van der Waals surface area contributed by atoms with Gasteiger partial charge in [-0.1, -0.05) is 0 Å². The Balaban J connectivity index is 1.85. The molecule has 0 bridgehead atoms. The van der Waals surface area contributed by atoms with E-state index in [-0.39, 0.29) is 23.4 Å². The molecule has 216 valence electrons. The number of Topliss-reactive ketones (excluding diaryl/α,β-unsaturated/α-hetero) is 1. The van der Waals surface area contributed by atoms with Crippen LogP contribution in [0.5, 0.6) is 11.5 Å². The van der Waals surface area contributed by atoms with E-state index in [0.29, 0.717) is 47.4 Å². The summed E-state index contributed by atoms with van der Waals surface area (Å²) in [7, 11) is 4.69. The largest absolute Gasteiger partial charge is 0.493 e. The minimum absolute atomic E-state index is 0.0897. The van der Waals surface area contributed by atoms with Gasteiger partial charge in [-0.3, -0.25) is 15.0 Å². The molecule has 14 nitrogen and oxygen atoms in total. The van der Waals surface area contributed by atoms with E-state index in [1.807, 2.05) is 6.07 Å². The number of hydrogen-bond acceptors (Lipinski definition) is 12. The third kappa shape index (κ3) is 6.67. The average molecular weight is 565 g/mol. The lowest BCUT2D eigenvalue weighted by Crippen LogP contribution is -2.41. The first-order valence-electron chi connectivity index (χ1n) is 12.6. The Morgan fingerprint density at radius 1 is 1.24 bits per heavy atom. The Hall–Kier alpha value is -4.82. The number of amidine groups is 2. The van der Waals surface area contributed by atoms with Gasteiger partial charge >= 0.3 is 5.97 Å². The molecular formula is C27H32N8O6. The second-order valence-electron chi connectivity index (χ2n) is 9.17. The van der Waals surface area contributed by atoms with Crippen LogP contribution in [0.2, 0.25) is 0 Å². The number of hydrazine groups is 1. The van der Waals surface area contributed by atoms with Gasteiger partial charge in [0.05, 0.1) is 27.2 Å². The maximum atomic E-state index is 12.7. The van der Waals surface area contributed by atoms with Crippen molar-refractivity contribution in [1.29, 1.82) is 5.41 Å². The number of aliphatic imine (C=N–C) groups is 1. The molecule has 1 aliphatic heterocycles. The summed E-state index contributed by atoms with van der Waals surface area (Å²) in [6.07, 6.45) is 3.89. The van der Waals surface area contributed by atoms with Crippen molar-refractivity contribution in [2.24, 2.45) is 10.7 Å². The third-order valence-electron chi connectivity index (χ3n) is 6.50. The number of ether oxygens (including phenoxy) is 3. The number of nitrogens with two attached hydrogens (primary N) is 1. The topological polar surface area (TPSA) is 206 Å². The zero-order chi connectivity index (χ0) is 29.5. The predicted molar refractivity (Wildman–Crippen MR) is 148 cm³/mol. The highest BCUT2D eigenvalue weighted by Gasteiger charge is 2.31. The zero-order valence-corrected chi connectivity index (χ0v) is 22.9. The number of hydrogen-bond donors (Lipinski definition) is 6. The van der Waals surface area contributed by atoms with Crippen LogP contribution in [-0.2, 0) is 20.7 Å². The molecule has 2 atom stereocenters. The van der Waals surface area contributed by atoms with Crippen LogP contribution in [0.1, 0.15) is 42.0 Å². The molecule has 0 radical (unpaired) electrons. The Kier molecular flexibility index (Phi) is 9.26. The number of aliphatic carboxylic acids is 1. The normalized spacial score (nSPS) is 17.3. The van der Waals surface area contributed by atoms with Gasteiger partial charge in [0.1, 0.15) is 17.7 Å². The molecule has 1 aliphatic carbocycles. The summed E-state index contributed by atoms with van der Waals surface area (Å²) >= 11 is 0. The standard InChI is InChI=1S/C27H32N8O6/c1-39-8-5-14-9-16(11-20(40-2)23(14)41-3)22(25-33-27(35-34-25)26-30-6-4-7-31-26)32-18-10-15(12-21(37)38)19(36)13-17(18)24(28)29/h4,6-7,9-11,22,27,32,35H,5,8,12-13H2,1-3H3,(H3,28,29)(H,33,34)(H,37,38). The van der Waals surface area contributed by atoms with Crippen molar-refractivity contribution in [2.75, 3.05) is 27.9 Å². The molecule has 41 heavy (non-hydrogen) atoms. The number of carboxylic acid groups (broad SMARTS) is 1.